The molecule has 0 aliphatic heterocycles. The third-order valence-electron chi connectivity index (χ3n) is 1.77. The van der Waals surface area contributed by atoms with Crippen LogP contribution in [-0.2, 0) is 0 Å². The van der Waals surface area contributed by atoms with Crippen molar-refractivity contribution in [3.63, 3.8) is 0 Å². The molecule has 1 rings (SSSR count). The third kappa shape index (κ3) is 1.32. The van der Waals surface area contributed by atoms with Gasteiger partial charge in [0.15, 0.2) is 0 Å². The van der Waals surface area contributed by atoms with Crippen molar-refractivity contribution in [1.29, 1.82) is 0 Å². The monoisotopic (exact) mass is 138 g/mol. The van der Waals surface area contributed by atoms with Gasteiger partial charge < -0.3 is 0 Å². The van der Waals surface area contributed by atoms with E-state index in [1.54, 1.807) is 0 Å². The summed E-state index contributed by atoms with van der Waals surface area (Å²) in [5, 5.41) is 8.00. The second-order valence-corrected chi connectivity index (χ2v) is 2.69. The van der Waals surface area contributed by atoms with E-state index in [0.29, 0.717) is 5.92 Å². The van der Waals surface area contributed by atoms with Crippen LogP contribution in [0.5, 0.6) is 0 Å². The van der Waals surface area contributed by atoms with Crippen LogP contribution in [0.15, 0.2) is 0 Å². The van der Waals surface area contributed by atoms with Crippen molar-refractivity contribution in [3.8, 4) is 0 Å². The van der Waals surface area contributed by atoms with E-state index in [4.69, 9.17) is 0 Å². The number of aromatic amines is 2. The summed E-state index contributed by atoms with van der Waals surface area (Å²) in [6.45, 7) is 8.16. The summed E-state index contributed by atoms with van der Waals surface area (Å²) in [6, 6.07) is 0. The molecule has 1 aromatic heterocycles. The fourth-order valence-electron chi connectivity index (χ4n) is 0.768. The second-order valence-electron chi connectivity index (χ2n) is 2.69. The summed E-state index contributed by atoms with van der Waals surface area (Å²) in [5.41, 5.74) is 0. The minimum absolute atomic E-state index is 0.640. The van der Waals surface area contributed by atoms with E-state index < -0.39 is 0 Å². The molecule has 2 N–H and O–H groups in total. The Labute approximate surface area is 60.6 Å². The Morgan fingerprint density at radius 3 is 2.60 bits per heavy atom. The molecule has 2 heteroatoms. The number of aromatic nitrogens is 2. The molecular formula is C8H14N2. The van der Waals surface area contributed by atoms with Gasteiger partial charge in [-0.15, -0.1) is 0 Å². The highest BCUT2D eigenvalue weighted by molar-refractivity contribution is 5.22. The molecule has 0 saturated heterocycles. The first kappa shape index (κ1) is 7.19. The molecule has 56 valence electrons. The number of H-pyrrole nitrogens is 2. The second kappa shape index (κ2) is 2.78. The molecule has 1 aromatic rings. The van der Waals surface area contributed by atoms with Crippen LogP contribution in [-0.4, -0.2) is 10.2 Å². The van der Waals surface area contributed by atoms with E-state index in [-0.39, 0.29) is 0 Å². The van der Waals surface area contributed by atoms with E-state index in [9.17, 15) is 0 Å². The number of hydrogen-bond donors (Lipinski definition) is 2. The maximum atomic E-state index is 3.79. The molecule has 0 amide bonds. The lowest BCUT2D eigenvalue weighted by Gasteiger charge is -2.01. The van der Waals surface area contributed by atoms with Crippen molar-refractivity contribution < 1.29 is 0 Å². The average Bonchev–Trinajstić information content (AvgIpc) is 1.96. The van der Waals surface area contributed by atoms with Crippen LogP contribution in [0.25, 0.3) is 12.7 Å². The zero-order valence-electron chi connectivity index (χ0n) is 6.57. The third-order valence-corrected chi connectivity index (χ3v) is 1.77. The van der Waals surface area contributed by atoms with Crippen LogP contribution in [0.2, 0.25) is 0 Å². The first-order valence-electron chi connectivity index (χ1n) is 3.67. The van der Waals surface area contributed by atoms with Crippen LogP contribution in [0.4, 0.5) is 0 Å². The Bertz CT molecular complexity index is 279. The van der Waals surface area contributed by atoms with Gasteiger partial charge in [0, 0.05) is 0 Å². The first-order chi connectivity index (χ1) is 4.74. The lowest BCUT2D eigenvalue weighted by atomic mass is 10.1. The lowest BCUT2D eigenvalue weighted by molar-refractivity contribution is 0.723. The van der Waals surface area contributed by atoms with Crippen molar-refractivity contribution in [1.82, 2.24) is 10.2 Å². The van der Waals surface area contributed by atoms with Crippen LogP contribution >= 0.6 is 0 Å². The van der Waals surface area contributed by atoms with E-state index in [0.717, 1.165) is 10.7 Å². The van der Waals surface area contributed by atoms with Gasteiger partial charge in [0.1, 0.15) is 0 Å². The van der Waals surface area contributed by atoms with Gasteiger partial charge in [0.2, 0.25) is 0 Å². The summed E-state index contributed by atoms with van der Waals surface area (Å²) in [5.74, 6) is 0.640. The van der Waals surface area contributed by atoms with Gasteiger partial charge in [0.25, 0.3) is 0 Å². The molecule has 2 nitrogen and oxygen atoms in total. The Balaban J connectivity index is 2.79. The van der Waals surface area contributed by atoms with Crippen LogP contribution in [0, 0.1) is 5.92 Å². The molecule has 0 saturated carbocycles. The standard InChI is InChI=1S/C8H14N2/c1-4-6(2)5-8-7(3)9-10-8/h5-6,9-10H,3-4H2,1-2H3/b8-5+. The summed E-state index contributed by atoms with van der Waals surface area (Å²) < 4.78 is 0. The molecule has 1 unspecified atom stereocenters. The van der Waals surface area contributed by atoms with Gasteiger partial charge >= 0.3 is 0 Å². The maximum Gasteiger partial charge on any atom is 0.0746 e. The molecule has 1 heterocycles. The molecule has 0 aliphatic carbocycles. The van der Waals surface area contributed by atoms with Crippen LogP contribution in [0.1, 0.15) is 20.3 Å². The van der Waals surface area contributed by atoms with Gasteiger partial charge in [-0.3, -0.25) is 10.2 Å². The minimum Gasteiger partial charge on any atom is -0.299 e. The van der Waals surface area contributed by atoms with E-state index in [2.05, 4.69) is 36.7 Å². The molecule has 0 bridgehead atoms. The fraction of sp³-hybridized carbons (Fsp3) is 0.500. The van der Waals surface area contributed by atoms with Crippen molar-refractivity contribution in [2.24, 2.45) is 5.92 Å². The Morgan fingerprint density at radius 1 is 1.60 bits per heavy atom. The highest BCUT2D eigenvalue weighted by Crippen LogP contribution is 1.99. The SMILES string of the molecule is C=c1[nH][nH]/c1=C/C(C)CC. The Kier molecular flexibility index (Phi) is 2.00. The van der Waals surface area contributed by atoms with E-state index in [1.165, 1.54) is 6.42 Å². The highest BCUT2D eigenvalue weighted by Gasteiger charge is 1.92. The molecule has 0 fully saturated rings. The highest BCUT2D eigenvalue weighted by atomic mass is 15.1. The quantitative estimate of drug-likeness (QED) is 0.599. The zero-order chi connectivity index (χ0) is 7.56. The number of rotatable bonds is 2. The lowest BCUT2D eigenvalue weighted by Crippen LogP contribution is -2.39. The van der Waals surface area contributed by atoms with Gasteiger partial charge in [-0.1, -0.05) is 32.9 Å². The molecule has 0 spiro atoms. The Morgan fingerprint density at radius 2 is 2.30 bits per heavy atom. The van der Waals surface area contributed by atoms with Gasteiger partial charge in [0.05, 0.1) is 10.7 Å². The van der Waals surface area contributed by atoms with Crippen molar-refractivity contribution in [3.05, 3.63) is 10.7 Å². The molecule has 10 heavy (non-hydrogen) atoms. The molecule has 1 atom stereocenters. The van der Waals surface area contributed by atoms with E-state index >= 15 is 0 Å². The first-order valence-corrected chi connectivity index (χ1v) is 3.67. The fourth-order valence-corrected chi connectivity index (χ4v) is 0.768. The topological polar surface area (TPSA) is 31.6 Å². The maximum absolute atomic E-state index is 3.79. The summed E-state index contributed by atoms with van der Waals surface area (Å²) in [4.78, 5) is 0. The average molecular weight is 138 g/mol. The molecule has 0 aromatic carbocycles. The van der Waals surface area contributed by atoms with Crippen molar-refractivity contribution in [2.75, 3.05) is 0 Å². The minimum atomic E-state index is 0.640. The van der Waals surface area contributed by atoms with Crippen molar-refractivity contribution in [2.45, 2.75) is 20.3 Å². The van der Waals surface area contributed by atoms with E-state index in [1.807, 2.05) is 0 Å². The predicted octanol–water partition coefficient (Wildman–Crippen LogP) is 0.580. The van der Waals surface area contributed by atoms with Crippen LogP contribution < -0.4 is 10.7 Å². The largest absolute Gasteiger partial charge is 0.299 e. The van der Waals surface area contributed by atoms with Crippen molar-refractivity contribution >= 4 is 12.7 Å². The summed E-state index contributed by atoms with van der Waals surface area (Å²) in [7, 11) is 0. The summed E-state index contributed by atoms with van der Waals surface area (Å²) in [6.07, 6.45) is 3.37. The number of nitrogens with one attached hydrogen (secondary N) is 2. The molecule has 0 radical (unpaired) electrons. The zero-order valence-corrected chi connectivity index (χ0v) is 6.57. The molecule has 0 aliphatic rings. The number of hydrogen-bond acceptors (Lipinski definition) is 0. The summed E-state index contributed by atoms with van der Waals surface area (Å²) >= 11 is 0. The smallest absolute Gasteiger partial charge is 0.0746 e. The normalized spacial score (nSPS) is 16.0. The predicted molar refractivity (Wildman–Crippen MR) is 43.8 cm³/mol. The Hall–Kier alpha value is -0.920. The molecular weight excluding hydrogens is 124 g/mol. The van der Waals surface area contributed by atoms with Crippen LogP contribution in [0.3, 0.4) is 0 Å². The van der Waals surface area contributed by atoms with Gasteiger partial charge in [-0.05, 0) is 5.92 Å². The van der Waals surface area contributed by atoms with Gasteiger partial charge in [-0.2, -0.15) is 0 Å². The van der Waals surface area contributed by atoms with Gasteiger partial charge in [-0.25, -0.2) is 0 Å².